The van der Waals surface area contributed by atoms with Gasteiger partial charge in [-0.15, -0.1) is 0 Å². The number of carbonyl (C=O) groups excluding carboxylic acids is 2. The summed E-state index contributed by atoms with van der Waals surface area (Å²) < 4.78 is 7.79. The molecule has 0 bridgehead atoms. The van der Waals surface area contributed by atoms with E-state index in [1.165, 1.54) is 0 Å². The van der Waals surface area contributed by atoms with Gasteiger partial charge >= 0.3 is 11.9 Å². The second-order valence-corrected chi connectivity index (χ2v) is 1.28. The molecule has 0 fully saturated rings. The van der Waals surface area contributed by atoms with E-state index in [1.54, 1.807) is 18.9 Å². The van der Waals surface area contributed by atoms with Crippen LogP contribution in [0.2, 0.25) is 0 Å². The van der Waals surface area contributed by atoms with Crippen LogP contribution in [0.3, 0.4) is 0 Å². The average molecular weight is 213 g/mol. The van der Waals surface area contributed by atoms with Crippen molar-refractivity contribution in [2.75, 3.05) is 0 Å². The first-order valence-electron chi connectivity index (χ1n) is 1.54. The van der Waals surface area contributed by atoms with Crippen LogP contribution < -0.4 is 0 Å². The zero-order valence-electron chi connectivity index (χ0n) is 4.10. The van der Waals surface area contributed by atoms with Crippen LogP contribution in [0.4, 0.5) is 0 Å². The smallest absolute Gasteiger partial charge is 0.419 e. The van der Waals surface area contributed by atoms with Crippen LogP contribution in [-0.2, 0) is 35.1 Å². The molecule has 0 rings (SSSR count). The summed E-state index contributed by atoms with van der Waals surface area (Å²) in [6, 6.07) is 0. The molecular weight excluding hydrogens is 209 g/mol. The predicted molar refractivity (Wildman–Crippen MR) is 31.6 cm³/mol. The summed E-state index contributed by atoms with van der Waals surface area (Å²) in [5, 5.41) is 0. The second-order valence-electron chi connectivity index (χ2n) is 0.811. The maximum absolute atomic E-state index is 10.0. The molecule has 0 amide bonds. The van der Waals surface area contributed by atoms with E-state index >= 15 is 0 Å². The van der Waals surface area contributed by atoms with Gasteiger partial charge in [0.05, 0.1) is 18.9 Å². The fourth-order valence-corrected chi connectivity index (χ4v) is 0.289. The summed E-state index contributed by atoms with van der Waals surface area (Å²) in [7, 11) is 3.26. The van der Waals surface area contributed by atoms with Crippen molar-refractivity contribution in [3.8, 4) is 0 Å². The third-order valence-electron chi connectivity index (χ3n) is 0.381. The summed E-state index contributed by atoms with van der Waals surface area (Å²) in [6.45, 7) is 0. The van der Waals surface area contributed by atoms with Gasteiger partial charge in [-0.1, -0.05) is 0 Å². The van der Waals surface area contributed by atoms with Gasteiger partial charge < -0.3 is 9.05 Å². The van der Waals surface area contributed by atoms with Gasteiger partial charge in [0.2, 0.25) is 0 Å². The Morgan fingerprint density at radius 3 is 1.33 bits per heavy atom. The Hall–Kier alpha value is 0.294. The Bertz CT molecular complexity index is 101. The molecule has 0 aliphatic rings. The van der Waals surface area contributed by atoms with Crippen LogP contribution in [0.5, 0.6) is 0 Å². The van der Waals surface area contributed by atoms with Crippen LogP contribution in [0.1, 0.15) is 0 Å². The first kappa shape index (κ1) is 12.0. The first-order chi connectivity index (χ1) is 3.72. The molecule has 0 heterocycles. The van der Waals surface area contributed by atoms with E-state index in [9.17, 15) is 9.59 Å². The summed E-state index contributed by atoms with van der Waals surface area (Å²) in [5.41, 5.74) is 0. The number of carbonyl (C=O) groups is 2. The molecule has 0 radical (unpaired) electrons. The third-order valence-corrected chi connectivity index (χ3v) is 0.809. The van der Waals surface area contributed by atoms with E-state index in [2.05, 4.69) is 9.05 Å². The van der Waals surface area contributed by atoms with Crippen molar-refractivity contribution in [2.24, 2.45) is 0 Å². The van der Waals surface area contributed by atoms with Gasteiger partial charge in [0.15, 0.2) is 0 Å². The predicted octanol–water partition coefficient (Wildman–Crippen LogP) is -0.350. The van der Waals surface area contributed by atoms with Gasteiger partial charge in [-0.05, 0) is 0 Å². The van der Waals surface area contributed by atoms with E-state index in [0.29, 0.717) is 0 Å². The summed E-state index contributed by atoms with van der Waals surface area (Å²) in [4.78, 5) is 20.0. The van der Waals surface area contributed by atoms with Crippen molar-refractivity contribution in [1.29, 1.82) is 0 Å². The van der Waals surface area contributed by atoms with Crippen molar-refractivity contribution in [1.82, 2.24) is 0 Å². The van der Waals surface area contributed by atoms with Crippen LogP contribution >= 0.6 is 18.9 Å². The molecule has 2 atom stereocenters. The van der Waals surface area contributed by atoms with Crippen molar-refractivity contribution in [3.63, 3.8) is 0 Å². The van der Waals surface area contributed by atoms with Crippen molar-refractivity contribution in [2.45, 2.75) is 0 Å². The second kappa shape index (κ2) is 6.41. The Labute approximate surface area is 66.5 Å². The standard InChI is InChI=1S/C2H4O4P2.Ni/c3-1(5-7)2(4)6-8;/h7-8H2;. The summed E-state index contributed by atoms with van der Waals surface area (Å²) in [6.07, 6.45) is 0. The number of hydrogen-bond acceptors (Lipinski definition) is 4. The van der Waals surface area contributed by atoms with E-state index in [-0.39, 0.29) is 16.5 Å². The molecule has 0 saturated heterocycles. The summed E-state index contributed by atoms with van der Waals surface area (Å²) in [5.74, 6) is -2.07. The number of rotatable bonds is 0. The van der Waals surface area contributed by atoms with E-state index in [1.807, 2.05) is 0 Å². The van der Waals surface area contributed by atoms with Gasteiger partial charge in [0.25, 0.3) is 0 Å². The minimum absolute atomic E-state index is 0. The average Bonchev–Trinajstić information content (AvgIpc) is 1.84. The molecule has 9 heavy (non-hydrogen) atoms. The fourth-order valence-electron chi connectivity index (χ4n) is 0.0962. The van der Waals surface area contributed by atoms with Crippen LogP contribution in [0, 0.1) is 0 Å². The van der Waals surface area contributed by atoms with E-state index < -0.39 is 11.9 Å². The zero-order valence-corrected chi connectivity index (χ0v) is 7.40. The van der Waals surface area contributed by atoms with Gasteiger partial charge in [-0.25, -0.2) is 9.59 Å². The molecule has 0 aliphatic heterocycles. The topological polar surface area (TPSA) is 52.6 Å². The van der Waals surface area contributed by atoms with Crippen LogP contribution in [0.25, 0.3) is 0 Å². The van der Waals surface area contributed by atoms with Crippen LogP contribution in [0.15, 0.2) is 0 Å². The van der Waals surface area contributed by atoms with Gasteiger partial charge in [-0.2, -0.15) is 0 Å². The molecule has 0 aromatic heterocycles. The Morgan fingerprint density at radius 2 is 1.22 bits per heavy atom. The maximum atomic E-state index is 10.0. The minimum Gasteiger partial charge on any atom is -0.443 e. The molecule has 7 heteroatoms. The quantitative estimate of drug-likeness (QED) is 0.313. The molecule has 4 nitrogen and oxygen atoms in total. The fraction of sp³-hybridized carbons (Fsp3) is 0. The number of hydrogen-bond donors (Lipinski definition) is 0. The van der Waals surface area contributed by atoms with Gasteiger partial charge in [0, 0.05) is 16.5 Å². The molecular formula is C2H4NiO4P2. The van der Waals surface area contributed by atoms with E-state index in [4.69, 9.17) is 0 Å². The van der Waals surface area contributed by atoms with Crippen molar-refractivity contribution in [3.05, 3.63) is 0 Å². The molecule has 0 aromatic rings. The van der Waals surface area contributed by atoms with Crippen molar-refractivity contribution < 1.29 is 35.1 Å². The maximum Gasteiger partial charge on any atom is 0.419 e. The van der Waals surface area contributed by atoms with Gasteiger partial charge in [0.1, 0.15) is 0 Å². The molecule has 0 spiro atoms. The molecule has 0 saturated carbocycles. The largest absolute Gasteiger partial charge is 0.443 e. The molecule has 2 unspecified atom stereocenters. The Morgan fingerprint density at radius 1 is 1.00 bits per heavy atom. The normalized spacial score (nSPS) is 6.89. The van der Waals surface area contributed by atoms with E-state index in [0.717, 1.165) is 0 Å². The monoisotopic (exact) mass is 212 g/mol. The van der Waals surface area contributed by atoms with Crippen LogP contribution in [-0.4, -0.2) is 11.9 Å². The zero-order chi connectivity index (χ0) is 6.57. The first-order valence-corrected chi connectivity index (χ1v) is 2.48. The molecule has 0 aromatic carbocycles. The minimum atomic E-state index is -1.04. The summed E-state index contributed by atoms with van der Waals surface area (Å²) >= 11 is 0. The third kappa shape index (κ3) is 4.78. The molecule has 0 N–H and O–H groups in total. The Balaban J connectivity index is 0. The Kier molecular flexibility index (Phi) is 8.56. The molecule has 0 aliphatic carbocycles. The molecule has 56 valence electrons. The van der Waals surface area contributed by atoms with Gasteiger partial charge in [-0.3, -0.25) is 0 Å². The SMILES string of the molecule is O=C(OP)C(=O)OP.[Ni]. The van der Waals surface area contributed by atoms with Crippen molar-refractivity contribution >= 4 is 30.9 Å².